The molecule has 2 aromatic carbocycles. The molecule has 0 atom stereocenters. The second-order valence-corrected chi connectivity index (χ2v) is 6.22. The molecule has 7 heteroatoms. The van der Waals surface area contributed by atoms with E-state index in [-0.39, 0.29) is 0 Å². The summed E-state index contributed by atoms with van der Waals surface area (Å²) in [4.78, 5) is 12.3. The van der Waals surface area contributed by atoms with E-state index in [2.05, 4.69) is 20.3 Å². The van der Waals surface area contributed by atoms with E-state index in [1.807, 2.05) is 56.3 Å². The van der Waals surface area contributed by atoms with Crippen molar-refractivity contribution in [3.63, 3.8) is 0 Å². The number of aryl methyl sites for hydroxylation is 1. The van der Waals surface area contributed by atoms with E-state index in [4.69, 9.17) is 15.2 Å². The number of benzene rings is 2. The van der Waals surface area contributed by atoms with E-state index in [0.29, 0.717) is 31.5 Å². The van der Waals surface area contributed by atoms with Gasteiger partial charge in [0, 0.05) is 19.0 Å². The van der Waals surface area contributed by atoms with Gasteiger partial charge in [0.1, 0.15) is 17.3 Å². The lowest BCUT2D eigenvalue weighted by atomic mass is 10.2. The molecular weight excluding hydrogens is 354 g/mol. The Morgan fingerprint density at radius 2 is 1.96 bits per heavy atom. The fourth-order valence-corrected chi connectivity index (χ4v) is 2.89. The molecule has 0 fully saturated rings. The van der Waals surface area contributed by atoms with E-state index < -0.39 is 0 Å². The maximum absolute atomic E-state index is 6.05. The highest BCUT2D eigenvalue weighted by Gasteiger charge is 2.07. The summed E-state index contributed by atoms with van der Waals surface area (Å²) in [7, 11) is 0. The normalized spacial score (nSPS) is 11.6. The summed E-state index contributed by atoms with van der Waals surface area (Å²) in [5.41, 5.74) is 8.84. The quantitative estimate of drug-likeness (QED) is 0.298. The second kappa shape index (κ2) is 9.64. The summed E-state index contributed by atoms with van der Waals surface area (Å²) >= 11 is 0. The highest BCUT2D eigenvalue weighted by atomic mass is 16.5. The number of H-pyrrole nitrogens is 1. The van der Waals surface area contributed by atoms with Gasteiger partial charge < -0.3 is 25.5 Å². The minimum Gasteiger partial charge on any atom is -0.494 e. The monoisotopic (exact) mass is 381 g/mol. The van der Waals surface area contributed by atoms with Crippen LogP contribution >= 0.6 is 0 Å². The van der Waals surface area contributed by atoms with Crippen LogP contribution in [-0.2, 0) is 6.42 Å². The molecule has 0 spiro atoms. The number of guanidine groups is 1. The molecule has 148 valence electrons. The molecule has 0 aliphatic carbocycles. The Morgan fingerprint density at radius 3 is 2.75 bits per heavy atom. The van der Waals surface area contributed by atoms with E-state index in [1.54, 1.807) is 0 Å². The van der Waals surface area contributed by atoms with E-state index in [9.17, 15) is 0 Å². The van der Waals surface area contributed by atoms with Gasteiger partial charge in [0.25, 0.3) is 0 Å². The van der Waals surface area contributed by atoms with Crippen LogP contribution in [-0.4, -0.2) is 35.7 Å². The first-order valence-electron chi connectivity index (χ1n) is 9.59. The van der Waals surface area contributed by atoms with Crippen molar-refractivity contribution in [3.8, 4) is 11.5 Å². The van der Waals surface area contributed by atoms with Gasteiger partial charge in [-0.05, 0) is 44.5 Å². The first kappa shape index (κ1) is 19.5. The van der Waals surface area contributed by atoms with Crippen molar-refractivity contribution in [1.82, 2.24) is 9.97 Å². The fourth-order valence-electron chi connectivity index (χ4n) is 2.89. The smallest absolute Gasteiger partial charge is 0.193 e. The number of hydrogen-bond donors (Lipinski definition) is 3. The van der Waals surface area contributed by atoms with Crippen molar-refractivity contribution >= 4 is 22.7 Å². The summed E-state index contributed by atoms with van der Waals surface area (Å²) in [5, 5.41) is 3.11. The van der Waals surface area contributed by atoms with Gasteiger partial charge in [-0.3, -0.25) is 4.99 Å². The van der Waals surface area contributed by atoms with E-state index in [0.717, 1.165) is 41.1 Å². The van der Waals surface area contributed by atoms with Crippen LogP contribution in [0.1, 0.15) is 26.1 Å². The highest BCUT2D eigenvalue weighted by Crippen LogP contribution is 2.29. The minimum atomic E-state index is 0.346. The van der Waals surface area contributed by atoms with Crippen molar-refractivity contribution in [2.45, 2.75) is 26.7 Å². The number of aliphatic imine (C=N–C) groups is 1. The zero-order chi connectivity index (χ0) is 19.8. The lowest BCUT2D eigenvalue weighted by molar-refractivity contribution is 0.332. The van der Waals surface area contributed by atoms with Crippen LogP contribution in [0.15, 0.2) is 47.5 Å². The van der Waals surface area contributed by atoms with Crippen LogP contribution in [0.4, 0.5) is 5.69 Å². The molecule has 0 saturated heterocycles. The molecule has 0 radical (unpaired) electrons. The van der Waals surface area contributed by atoms with Crippen LogP contribution in [0, 0.1) is 0 Å². The molecule has 4 N–H and O–H groups in total. The summed E-state index contributed by atoms with van der Waals surface area (Å²) in [5.74, 6) is 2.78. The molecule has 1 heterocycles. The van der Waals surface area contributed by atoms with Crippen LogP contribution in [0.2, 0.25) is 0 Å². The van der Waals surface area contributed by atoms with Crippen molar-refractivity contribution in [3.05, 3.63) is 48.3 Å². The zero-order valence-electron chi connectivity index (χ0n) is 16.4. The Labute approximate surface area is 165 Å². The van der Waals surface area contributed by atoms with Gasteiger partial charge in [-0.15, -0.1) is 0 Å². The average molecular weight is 381 g/mol. The maximum atomic E-state index is 6.05. The Morgan fingerprint density at radius 1 is 1.14 bits per heavy atom. The van der Waals surface area contributed by atoms with Gasteiger partial charge in [-0.2, -0.15) is 0 Å². The number of imidazole rings is 1. The zero-order valence-corrected chi connectivity index (χ0v) is 16.4. The lowest BCUT2D eigenvalue weighted by Crippen LogP contribution is -2.23. The van der Waals surface area contributed by atoms with Gasteiger partial charge in [-0.1, -0.05) is 12.1 Å². The molecule has 0 aliphatic heterocycles. The molecule has 1 aromatic heterocycles. The first-order valence-corrected chi connectivity index (χ1v) is 9.59. The Balaban J connectivity index is 1.56. The Kier molecular flexibility index (Phi) is 6.73. The molecule has 3 rings (SSSR count). The third-order valence-electron chi connectivity index (χ3n) is 4.12. The number of aromatic amines is 1. The number of nitrogens with one attached hydrogen (secondary N) is 2. The van der Waals surface area contributed by atoms with Crippen molar-refractivity contribution < 1.29 is 9.47 Å². The van der Waals surface area contributed by atoms with E-state index >= 15 is 0 Å². The topological polar surface area (TPSA) is 97.6 Å². The van der Waals surface area contributed by atoms with Gasteiger partial charge in [0.15, 0.2) is 5.96 Å². The number of ether oxygens (including phenoxy) is 2. The number of hydrogen-bond acceptors (Lipinski definition) is 4. The summed E-state index contributed by atoms with van der Waals surface area (Å²) in [6.45, 7) is 5.65. The van der Waals surface area contributed by atoms with E-state index in [1.165, 1.54) is 0 Å². The van der Waals surface area contributed by atoms with Gasteiger partial charge >= 0.3 is 0 Å². The minimum absolute atomic E-state index is 0.346. The molecule has 7 nitrogen and oxygen atoms in total. The first-order chi connectivity index (χ1) is 13.7. The van der Waals surface area contributed by atoms with Gasteiger partial charge in [0.2, 0.25) is 0 Å². The fraction of sp³-hybridized carbons (Fsp3) is 0.333. The standard InChI is InChI=1S/C21H27N5O2/c1-3-27-15-11-12-19(28-4-2)18(14-15)26-21(22)23-13-7-10-20-24-16-8-5-6-9-17(16)25-20/h5-6,8-9,11-12,14H,3-4,7,10,13H2,1-2H3,(H,24,25)(H3,22,23,26). The van der Waals surface area contributed by atoms with Crippen molar-refractivity contribution in [2.75, 3.05) is 25.1 Å². The number of anilines is 1. The third-order valence-corrected chi connectivity index (χ3v) is 4.12. The molecular formula is C21H27N5O2. The Hall–Kier alpha value is -3.22. The van der Waals surface area contributed by atoms with Crippen LogP contribution in [0.25, 0.3) is 11.0 Å². The number of rotatable bonds is 9. The number of para-hydroxylation sites is 2. The maximum Gasteiger partial charge on any atom is 0.193 e. The summed E-state index contributed by atoms with van der Waals surface area (Å²) < 4.78 is 11.2. The molecule has 0 aliphatic rings. The number of nitrogens with zero attached hydrogens (tertiary/aromatic N) is 2. The van der Waals surface area contributed by atoms with Crippen LogP contribution in [0.5, 0.6) is 11.5 Å². The van der Waals surface area contributed by atoms with Crippen molar-refractivity contribution in [2.24, 2.45) is 10.7 Å². The summed E-state index contributed by atoms with van der Waals surface area (Å²) in [6.07, 6.45) is 1.66. The summed E-state index contributed by atoms with van der Waals surface area (Å²) in [6, 6.07) is 13.6. The van der Waals surface area contributed by atoms with Crippen LogP contribution < -0.4 is 20.5 Å². The highest BCUT2D eigenvalue weighted by molar-refractivity contribution is 5.94. The van der Waals surface area contributed by atoms with Gasteiger partial charge in [0.05, 0.1) is 29.9 Å². The Bertz CT molecular complexity index is 902. The predicted molar refractivity (Wildman–Crippen MR) is 113 cm³/mol. The third kappa shape index (κ3) is 5.16. The number of aromatic nitrogens is 2. The number of nitrogens with two attached hydrogens (primary N) is 1. The molecule has 28 heavy (non-hydrogen) atoms. The molecule has 0 amide bonds. The van der Waals surface area contributed by atoms with Crippen LogP contribution in [0.3, 0.4) is 0 Å². The second-order valence-electron chi connectivity index (χ2n) is 6.22. The lowest BCUT2D eigenvalue weighted by Gasteiger charge is -2.14. The van der Waals surface area contributed by atoms with Crippen molar-refractivity contribution in [1.29, 1.82) is 0 Å². The van der Waals surface area contributed by atoms with Gasteiger partial charge in [-0.25, -0.2) is 4.98 Å². The SMILES string of the molecule is CCOc1ccc(OCC)c(NC(N)=NCCCc2nc3ccccc3[nH]2)c1. The molecule has 0 saturated carbocycles. The molecule has 3 aromatic rings. The molecule has 0 unspecified atom stereocenters. The average Bonchev–Trinajstić information content (AvgIpc) is 3.10. The molecule has 0 bridgehead atoms. The number of fused-ring (bicyclic) bond motifs is 1. The predicted octanol–water partition coefficient (Wildman–Crippen LogP) is 3.72. The largest absolute Gasteiger partial charge is 0.494 e.